The van der Waals surface area contributed by atoms with Gasteiger partial charge in [0, 0.05) is 38.4 Å². The molecule has 3 unspecified atom stereocenters. The van der Waals surface area contributed by atoms with Crippen LogP contribution in [0.1, 0.15) is 16.4 Å². The standard InChI is InChI=1S/C26H21Br2N3O6S2/c27-13-1-4-15(5-2-13)31-24(33)20-19(21-23(29-26(35)39-21)38-22(20)25(31)34)16-11-14(28)3-6-17(16)37-12-18(32)30-7-9-36-10-8-30/h1-6,11,19-20,22H,7-10,12H2,(H,29,35). The predicted molar refractivity (Wildman–Crippen MR) is 154 cm³/mol. The van der Waals surface area contributed by atoms with Crippen LogP contribution in [-0.2, 0) is 19.1 Å². The molecule has 1 aromatic heterocycles. The summed E-state index contributed by atoms with van der Waals surface area (Å²) in [5.41, 5.74) is 1.12. The maximum Gasteiger partial charge on any atom is 0.305 e. The molecule has 3 amide bonds. The van der Waals surface area contributed by atoms with Crippen molar-refractivity contribution in [3.63, 3.8) is 0 Å². The van der Waals surface area contributed by atoms with E-state index >= 15 is 0 Å². The Balaban J connectivity index is 1.39. The molecule has 3 aromatic rings. The van der Waals surface area contributed by atoms with Gasteiger partial charge in [-0.15, -0.1) is 0 Å². The van der Waals surface area contributed by atoms with Gasteiger partial charge in [-0.05, 0) is 42.5 Å². The average molecular weight is 695 g/mol. The first-order valence-electron chi connectivity index (χ1n) is 12.1. The zero-order valence-corrected chi connectivity index (χ0v) is 25.0. The summed E-state index contributed by atoms with van der Waals surface area (Å²) in [5, 5.41) is -0.156. The number of carbonyl (C=O) groups is 3. The number of nitrogens with one attached hydrogen (secondary N) is 1. The zero-order valence-electron chi connectivity index (χ0n) is 20.2. The van der Waals surface area contributed by atoms with Crippen molar-refractivity contribution >= 4 is 78.4 Å². The Hall–Kier alpha value is -2.45. The number of imide groups is 1. The largest absolute Gasteiger partial charge is 0.483 e. The number of aromatic amines is 1. The van der Waals surface area contributed by atoms with E-state index in [9.17, 15) is 19.2 Å². The number of carbonyl (C=O) groups excluding carboxylic acids is 3. The van der Waals surface area contributed by atoms with E-state index in [1.54, 1.807) is 41.3 Å². The molecule has 4 heterocycles. The van der Waals surface area contributed by atoms with E-state index in [0.717, 1.165) is 20.3 Å². The zero-order chi connectivity index (χ0) is 27.3. The second-order valence-electron chi connectivity index (χ2n) is 9.20. The third kappa shape index (κ3) is 4.99. The van der Waals surface area contributed by atoms with Crippen molar-refractivity contribution < 1.29 is 23.9 Å². The molecule has 2 saturated heterocycles. The van der Waals surface area contributed by atoms with E-state index in [1.165, 1.54) is 16.7 Å². The summed E-state index contributed by atoms with van der Waals surface area (Å²) in [6, 6.07) is 12.4. The summed E-state index contributed by atoms with van der Waals surface area (Å²) in [6.07, 6.45) is 0. The fraction of sp³-hybridized carbons (Fsp3) is 0.308. The number of thioether (sulfide) groups is 1. The van der Waals surface area contributed by atoms with E-state index < -0.39 is 17.1 Å². The molecule has 2 aromatic carbocycles. The van der Waals surface area contributed by atoms with Crippen molar-refractivity contribution in [2.75, 3.05) is 37.8 Å². The minimum Gasteiger partial charge on any atom is -0.483 e. The molecule has 3 atom stereocenters. The number of H-pyrrole nitrogens is 1. The highest BCUT2D eigenvalue weighted by atomic mass is 79.9. The van der Waals surface area contributed by atoms with Crippen LogP contribution in [-0.4, -0.2) is 65.8 Å². The van der Waals surface area contributed by atoms with E-state index in [1.807, 2.05) is 6.07 Å². The molecule has 39 heavy (non-hydrogen) atoms. The lowest BCUT2D eigenvalue weighted by molar-refractivity contribution is -0.137. The average Bonchev–Trinajstić information content (AvgIpc) is 3.43. The summed E-state index contributed by atoms with van der Waals surface area (Å²) in [5.74, 6) is -1.81. The molecule has 0 radical (unpaired) electrons. The summed E-state index contributed by atoms with van der Waals surface area (Å²) < 4.78 is 13.0. The molecule has 0 spiro atoms. The van der Waals surface area contributed by atoms with Crippen LogP contribution in [0.3, 0.4) is 0 Å². The van der Waals surface area contributed by atoms with Crippen LogP contribution in [0.25, 0.3) is 0 Å². The van der Waals surface area contributed by atoms with Gasteiger partial charge in [0.2, 0.25) is 11.8 Å². The molecule has 0 aliphatic carbocycles. The smallest absolute Gasteiger partial charge is 0.305 e. The van der Waals surface area contributed by atoms with Crippen molar-refractivity contribution in [1.82, 2.24) is 9.88 Å². The van der Waals surface area contributed by atoms with Crippen LogP contribution >= 0.6 is 55.0 Å². The van der Waals surface area contributed by atoms with Gasteiger partial charge in [0.05, 0.1) is 29.8 Å². The number of nitrogens with zero attached hydrogens (tertiary/aromatic N) is 2. The van der Waals surface area contributed by atoms with Crippen molar-refractivity contribution in [2.24, 2.45) is 5.92 Å². The third-order valence-electron chi connectivity index (χ3n) is 6.93. The van der Waals surface area contributed by atoms with Crippen molar-refractivity contribution in [3.05, 3.63) is 71.5 Å². The minimum atomic E-state index is -0.767. The van der Waals surface area contributed by atoms with Crippen LogP contribution in [0.15, 0.2) is 61.2 Å². The first kappa shape index (κ1) is 26.8. The molecule has 13 heteroatoms. The van der Waals surface area contributed by atoms with Gasteiger partial charge in [0.25, 0.3) is 5.91 Å². The lowest BCUT2D eigenvalue weighted by Gasteiger charge is -2.31. The summed E-state index contributed by atoms with van der Waals surface area (Å²) in [4.78, 5) is 59.1. The van der Waals surface area contributed by atoms with Crippen LogP contribution in [0.5, 0.6) is 5.75 Å². The summed E-state index contributed by atoms with van der Waals surface area (Å²) in [6.45, 7) is 1.79. The lowest BCUT2D eigenvalue weighted by Crippen LogP contribution is -2.43. The van der Waals surface area contributed by atoms with Crippen LogP contribution < -0.4 is 14.5 Å². The second-order valence-corrected chi connectivity index (χ2v) is 13.2. The van der Waals surface area contributed by atoms with Crippen LogP contribution in [0.4, 0.5) is 5.69 Å². The van der Waals surface area contributed by atoms with Crippen molar-refractivity contribution in [2.45, 2.75) is 16.2 Å². The first-order chi connectivity index (χ1) is 18.8. The fourth-order valence-corrected chi connectivity index (χ4v) is 8.28. The van der Waals surface area contributed by atoms with Crippen LogP contribution in [0.2, 0.25) is 0 Å². The fourth-order valence-electron chi connectivity index (χ4n) is 5.13. The maximum absolute atomic E-state index is 14.0. The Bertz CT molecular complexity index is 1520. The lowest BCUT2D eigenvalue weighted by atomic mass is 9.82. The van der Waals surface area contributed by atoms with Crippen molar-refractivity contribution in [3.8, 4) is 5.75 Å². The Morgan fingerprint density at radius 3 is 2.49 bits per heavy atom. The normalized spacial score (nSPS) is 22.6. The number of benzene rings is 2. The van der Waals surface area contributed by atoms with E-state index in [0.29, 0.717) is 53.2 Å². The molecule has 9 nitrogen and oxygen atoms in total. The predicted octanol–water partition coefficient (Wildman–Crippen LogP) is 3.99. The number of hydrogen-bond donors (Lipinski definition) is 1. The van der Waals surface area contributed by atoms with Gasteiger partial charge in [0.15, 0.2) is 6.61 Å². The van der Waals surface area contributed by atoms with Gasteiger partial charge in [-0.2, -0.15) is 0 Å². The Morgan fingerprint density at radius 2 is 1.74 bits per heavy atom. The molecular weight excluding hydrogens is 674 g/mol. The van der Waals surface area contributed by atoms with Gasteiger partial charge in [-0.25, -0.2) is 4.90 Å². The minimum absolute atomic E-state index is 0.162. The maximum atomic E-state index is 14.0. The number of aromatic nitrogens is 1. The number of morpholine rings is 1. The van der Waals surface area contributed by atoms with E-state index in [2.05, 4.69) is 36.8 Å². The highest BCUT2D eigenvalue weighted by Crippen LogP contribution is 2.54. The second kappa shape index (κ2) is 10.8. The van der Waals surface area contributed by atoms with E-state index in [-0.39, 0.29) is 29.2 Å². The summed E-state index contributed by atoms with van der Waals surface area (Å²) >= 11 is 9.16. The molecule has 0 bridgehead atoms. The number of fused-ring (bicyclic) bond motifs is 2. The van der Waals surface area contributed by atoms with Gasteiger partial charge in [-0.3, -0.25) is 19.2 Å². The number of rotatable bonds is 5. The van der Waals surface area contributed by atoms with Gasteiger partial charge < -0.3 is 19.4 Å². The molecule has 202 valence electrons. The highest BCUT2D eigenvalue weighted by Gasteiger charge is 2.56. The summed E-state index contributed by atoms with van der Waals surface area (Å²) in [7, 11) is 0. The number of ether oxygens (including phenoxy) is 2. The van der Waals surface area contributed by atoms with Gasteiger partial charge >= 0.3 is 4.87 Å². The number of halogens is 2. The van der Waals surface area contributed by atoms with Crippen LogP contribution in [0, 0.1) is 5.92 Å². The Kier molecular flexibility index (Phi) is 7.44. The number of anilines is 1. The third-order valence-corrected chi connectivity index (χ3v) is 10.4. The molecule has 1 N–H and O–H groups in total. The molecule has 6 rings (SSSR count). The SMILES string of the molecule is O=C(COc1ccc(Br)cc1C1c2sc(=O)[nH]c2SC2C(=O)N(c3ccc(Br)cc3)C(=O)C21)N1CCOCC1. The molecular formula is C26H21Br2N3O6S2. The van der Waals surface area contributed by atoms with Gasteiger partial charge in [-0.1, -0.05) is 55.0 Å². The topological polar surface area (TPSA) is 109 Å². The molecule has 3 aliphatic heterocycles. The first-order valence-corrected chi connectivity index (χ1v) is 15.4. The highest BCUT2D eigenvalue weighted by molar-refractivity contribution is 9.10. The number of amides is 3. The monoisotopic (exact) mass is 693 g/mol. The van der Waals surface area contributed by atoms with Gasteiger partial charge in [0.1, 0.15) is 11.0 Å². The number of thiazole rings is 1. The Labute approximate surface area is 248 Å². The Morgan fingerprint density at radius 1 is 1.03 bits per heavy atom. The number of hydrogen-bond acceptors (Lipinski definition) is 8. The molecule has 3 aliphatic rings. The molecule has 2 fully saturated rings. The van der Waals surface area contributed by atoms with Crippen molar-refractivity contribution in [1.29, 1.82) is 0 Å². The quantitative estimate of drug-likeness (QED) is 0.403. The molecule has 0 saturated carbocycles. The van der Waals surface area contributed by atoms with E-state index in [4.69, 9.17) is 9.47 Å².